The van der Waals surface area contributed by atoms with Gasteiger partial charge < -0.3 is 20.1 Å². The first-order chi connectivity index (χ1) is 13.4. The molecule has 2 aromatic carbocycles. The highest BCUT2D eigenvalue weighted by Gasteiger charge is 2.26. The molecule has 0 bridgehead atoms. The lowest BCUT2D eigenvalue weighted by Crippen LogP contribution is -2.45. The van der Waals surface area contributed by atoms with Crippen LogP contribution in [0.15, 0.2) is 54.6 Å². The van der Waals surface area contributed by atoms with E-state index >= 15 is 0 Å². The topological polar surface area (TPSA) is 93.7 Å². The Morgan fingerprint density at radius 1 is 0.964 bits per heavy atom. The lowest BCUT2D eigenvalue weighted by molar-refractivity contribution is -0.150. The highest BCUT2D eigenvalue weighted by Crippen LogP contribution is 2.15. The Morgan fingerprint density at radius 2 is 1.61 bits per heavy atom. The number of nitrogens with one attached hydrogen (secondary N) is 2. The van der Waals surface area contributed by atoms with Gasteiger partial charge in [0.05, 0.1) is 7.11 Å². The van der Waals surface area contributed by atoms with E-state index in [2.05, 4.69) is 10.6 Å². The Balaban J connectivity index is 1.88. The molecule has 2 aromatic rings. The van der Waals surface area contributed by atoms with E-state index in [-0.39, 0.29) is 11.8 Å². The van der Waals surface area contributed by atoms with Crippen LogP contribution >= 0.6 is 0 Å². The molecule has 0 unspecified atom stereocenters. The lowest BCUT2D eigenvalue weighted by Gasteiger charge is -2.20. The molecule has 28 heavy (non-hydrogen) atoms. The number of ether oxygens (including phenoxy) is 2. The second kappa shape index (κ2) is 10.1. The molecule has 0 aliphatic heterocycles. The molecule has 0 saturated heterocycles. The normalized spacial score (nSPS) is 11.4. The Hall–Kier alpha value is -3.35. The summed E-state index contributed by atoms with van der Waals surface area (Å²) in [6, 6.07) is 14.5. The summed E-state index contributed by atoms with van der Waals surface area (Å²) in [5, 5.41) is 5.28. The number of rotatable bonds is 8. The maximum Gasteiger partial charge on any atom is 0.329 e. The van der Waals surface area contributed by atoms with Crippen LogP contribution in [0.1, 0.15) is 24.2 Å². The standard InChI is InChI=1S/C21H24N2O5/c1-14(2)19(23-20(25)15-7-5-4-6-8-15)21(26)28-13-18(24)22-16-9-11-17(27-3)12-10-16/h4-12,14,19H,13H2,1-3H3,(H,22,24)(H,23,25)/t19-/m0/s1. The first kappa shape index (κ1) is 21.0. The second-order valence-corrected chi connectivity index (χ2v) is 6.45. The van der Waals surface area contributed by atoms with Gasteiger partial charge in [0.1, 0.15) is 11.8 Å². The van der Waals surface area contributed by atoms with Gasteiger partial charge in [-0.1, -0.05) is 32.0 Å². The van der Waals surface area contributed by atoms with Crippen molar-refractivity contribution in [1.82, 2.24) is 5.32 Å². The minimum atomic E-state index is -0.860. The first-order valence-corrected chi connectivity index (χ1v) is 8.87. The predicted molar refractivity (Wildman–Crippen MR) is 105 cm³/mol. The van der Waals surface area contributed by atoms with E-state index in [9.17, 15) is 14.4 Å². The zero-order chi connectivity index (χ0) is 20.5. The average Bonchev–Trinajstić information content (AvgIpc) is 2.71. The van der Waals surface area contributed by atoms with Crippen molar-refractivity contribution in [3.8, 4) is 5.75 Å². The van der Waals surface area contributed by atoms with Crippen LogP contribution in [0.5, 0.6) is 5.75 Å². The fourth-order valence-electron chi connectivity index (χ4n) is 2.41. The smallest absolute Gasteiger partial charge is 0.329 e. The summed E-state index contributed by atoms with van der Waals surface area (Å²) >= 11 is 0. The highest BCUT2D eigenvalue weighted by atomic mass is 16.5. The van der Waals surface area contributed by atoms with Crippen LogP contribution in [0.2, 0.25) is 0 Å². The quantitative estimate of drug-likeness (QED) is 0.683. The van der Waals surface area contributed by atoms with E-state index < -0.39 is 24.5 Å². The van der Waals surface area contributed by atoms with Gasteiger partial charge >= 0.3 is 5.97 Å². The first-order valence-electron chi connectivity index (χ1n) is 8.87. The van der Waals surface area contributed by atoms with Gasteiger partial charge in [0.15, 0.2) is 6.61 Å². The molecule has 7 heteroatoms. The van der Waals surface area contributed by atoms with Crippen molar-refractivity contribution in [2.24, 2.45) is 5.92 Å². The predicted octanol–water partition coefficient (Wildman–Crippen LogP) is 2.63. The molecular formula is C21H24N2O5. The molecule has 7 nitrogen and oxygen atoms in total. The van der Waals surface area contributed by atoms with Gasteiger partial charge in [0.25, 0.3) is 11.8 Å². The molecule has 0 saturated carbocycles. The van der Waals surface area contributed by atoms with Crippen molar-refractivity contribution < 1.29 is 23.9 Å². The summed E-state index contributed by atoms with van der Waals surface area (Å²) in [7, 11) is 1.55. The van der Waals surface area contributed by atoms with E-state index in [4.69, 9.17) is 9.47 Å². The summed E-state index contributed by atoms with van der Waals surface area (Å²) in [4.78, 5) is 36.6. The number of carbonyl (C=O) groups is 3. The van der Waals surface area contributed by atoms with Crippen LogP contribution in [-0.4, -0.2) is 37.5 Å². The number of benzene rings is 2. The van der Waals surface area contributed by atoms with E-state index in [1.807, 2.05) is 0 Å². The van der Waals surface area contributed by atoms with Crippen LogP contribution in [0, 0.1) is 5.92 Å². The molecule has 1 atom stereocenters. The van der Waals surface area contributed by atoms with E-state index in [0.29, 0.717) is 17.0 Å². The molecule has 0 aromatic heterocycles. The maximum atomic E-state index is 12.4. The highest BCUT2D eigenvalue weighted by molar-refractivity contribution is 5.97. The molecule has 0 aliphatic carbocycles. The van der Waals surface area contributed by atoms with E-state index in [1.54, 1.807) is 75.6 Å². The second-order valence-electron chi connectivity index (χ2n) is 6.45. The van der Waals surface area contributed by atoms with E-state index in [0.717, 1.165) is 0 Å². The largest absolute Gasteiger partial charge is 0.497 e. The Labute approximate surface area is 164 Å². The third-order valence-corrected chi connectivity index (χ3v) is 3.96. The summed E-state index contributed by atoms with van der Waals surface area (Å²) in [6.45, 7) is 3.12. The van der Waals surface area contributed by atoms with E-state index in [1.165, 1.54) is 0 Å². The van der Waals surface area contributed by atoms with Crippen molar-refractivity contribution >= 4 is 23.5 Å². The SMILES string of the molecule is COc1ccc(NC(=O)COC(=O)[C@@H](NC(=O)c2ccccc2)C(C)C)cc1. The third-order valence-electron chi connectivity index (χ3n) is 3.96. The van der Waals surface area contributed by atoms with Crippen molar-refractivity contribution in [2.45, 2.75) is 19.9 Å². The lowest BCUT2D eigenvalue weighted by atomic mass is 10.0. The number of hydrogen-bond donors (Lipinski definition) is 2. The number of anilines is 1. The van der Waals surface area contributed by atoms with Gasteiger partial charge in [0, 0.05) is 11.3 Å². The van der Waals surface area contributed by atoms with Crippen LogP contribution in [0.25, 0.3) is 0 Å². The van der Waals surface area contributed by atoms with Crippen molar-refractivity contribution in [1.29, 1.82) is 0 Å². The Morgan fingerprint density at radius 3 is 2.18 bits per heavy atom. The average molecular weight is 384 g/mol. The Bertz CT molecular complexity index is 803. The molecule has 0 heterocycles. The molecule has 2 amide bonds. The minimum Gasteiger partial charge on any atom is -0.497 e. The van der Waals surface area contributed by atoms with Gasteiger partial charge in [-0.2, -0.15) is 0 Å². The van der Waals surface area contributed by atoms with Crippen molar-refractivity contribution in [3.05, 3.63) is 60.2 Å². The van der Waals surface area contributed by atoms with Gasteiger partial charge in [-0.3, -0.25) is 9.59 Å². The summed E-state index contributed by atoms with van der Waals surface area (Å²) < 4.78 is 10.1. The van der Waals surface area contributed by atoms with Crippen LogP contribution in [-0.2, 0) is 14.3 Å². The summed E-state index contributed by atoms with van der Waals surface area (Å²) in [6.07, 6.45) is 0. The van der Waals surface area contributed by atoms with Gasteiger partial charge in [-0.25, -0.2) is 4.79 Å². The number of amides is 2. The van der Waals surface area contributed by atoms with Gasteiger partial charge in [-0.05, 0) is 42.3 Å². The molecule has 0 spiro atoms. The maximum absolute atomic E-state index is 12.4. The number of methoxy groups -OCH3 is 1. The molecular weight excluding hydrogens is 360 g/mol. The monoisotopic (exact) mass is 384 g/mol. The number of esters is 1. The van der Waals surface area contributed by atoms with Gasteiger partial charge in [0.2, 0.25) is 0 Å². The molecule has 2 N–H and O–H groups in total. The fraction of sp³-hybridized carbons (Fsp3) is 0.286. The number of carbonyl (C=O) groups excluding carboxylic acids is 3. The van der Waals surface area contributed by atoms with Crippen LogP contribution in [0.4, 0.5) is 5.69 Å². The summed E-state index contributed by atoms with van der Waals surface area (Å²) in [5.41, 5.74) is 0.998. The summed E-state index contributed by atoms with van der Waals surface area (Å²) in [5.74, 6) is -1.05. The van der Waals surface area contributed by atoms with Gasteiger partial charge in [-0.15, -0.1) is 0 Å². The molecule has 148 valence electrons. The molecule has 0 aliphatic rings. The Kier molecular flexibility index (Phi) is 7.56. The van der Waals surface area contributed by atoms with Crippen LogP contribution < -0.4 is 15.4 Å². The zero-order valence-electron chi connectivity index (χ0n) is 16.1. The van der Waals surface area contributed by atoms with Crippen molar-refractivity contribution in [2.75, 3.05) is 19.0 Å². The minimum absolute atomic E-state index is 0.204. The molecule has 2 rings (SSSR count). The molecule has 0 radical (unpaired) electrons. The zero-order valence-corrected chi connectivity index (χ0v) is 16.1. The number of hydrogen-bond acceptors (Lipinski definition) is 5. The van der Waals surface area contributed by atoms with Crippen LogP contribution in [0.3, 0.4) is 0 Å². The fourth-order valence-corrected chi connectivity index (χ4v) is 2.41. The molecule has 0 fully saturated rings. The van der Waals surface area contributed by atoms with Crippen molar-refractivity contribution in [3.63, 3.8) is 0 Å². The third kappa shape index (κ3) is 6.12.